The molecule has 0 spiro atoms. The highest BCUT2D eigenvalue weighted by Gasteiger charge is 2.39. The number of methoxy groups -OCH3 is 1. The molecule has 2 aromatic carbocycles. The molecule has 0 saturated carbocycles. The molecule has 2 aromatic heterocycles. The van der Waals surface area contributed by atoms with Crippen LogP contribution in [0.5, 0.6) is 0 Å². The average Bonchev–Trinajstić information content (AvgIpc) is 3.31. The van der Waals surface area contributed by atoms with Crippen LogP contribution in [0, 0.1) is 0 Å². The minimum atomic E-state index is -0.727. The van der Waals surface area contributed by atoms with Crippen LogP contribution in [-0.4, -0.2) is 22.6 Å². The topological polar surface area (TPSA) is 113 Å². The lowest BCUT2D eigenvalue weighted by atomic mass is 9.87. The normalized spacial score (nSPS) is 15.3. The molecule has 1 atom stereocenters. The van der Waals surface area contributed by atoms with Gasteiger partial charge in [-0.15, -0.1) is 0 Å². The Hall–Kier alpha value is -3.37. The van der Waals surface area contributed by atoms with Crippen molar-refractivity contribution in [1.82, 2.24) is 9.55 Å². The van der Waals surface area contributed by atoms with Crippen LogP contribution >= 0.6 is 31.9 Å². The molecule has 0 saturated heterocycles. The molecule has 8 nitrogen and oxygen atoms in total. The van der Waals surface area contributed by atoms with E-state index >= 15 is 0 Å². The Kier molecular flexibility index (Phi) is 5.34. The lowest BCUT2D eigenvalue weighted by Crippen LogP contribution is -2.37. The number of rotatable bonds is 3. The zero-order valence-electron chi connectivity index (χ0n) is 17.0. The molecule has 166 valence electrons. The van der Waals surface area contributed by atoms with Crippen molar-refractivity contribution < 1.29 is 18.4 Å². The Morgan fingerprint density at radius 3 is 2.58 bits per heavy atom. The van der Waals surface area contributed by atoms with Crippen molar-refractivity contribution >= 4 is 55.5 Å². The number of ether oxygens (including phenoxy) is 1. The maximum atomic E-state index is 13.0. The molecule has 0 bridgehead atoms. The van der Waals surface area contributed by atoms with Crippen molar-refractivity contribution in [3.63, 3.8) is 0 Å². The second kappa shape index (κ2) is 8.20. The van der Waals surface area contributed by atoms with Crippen molar-refractivity contribution in [3.8, 4) is 5.88 Å². The van der Waals surface area contributed by atoms with E-state index in [1.807, 2.05) is 48.5 Å². The third-order valence-corrected chi connectivity index (χ3v) is 6.21. The first kappa shape index (κ1) is 21.5. The van der Waals surface area contributed by atoms with Crippen molar-refractivity contribution in [2.24, 2.45) is 0 Å². The number of esters is 1. The number of aromatic nitrogens is 2. The van der Waals surface area contributed by atoms with Gasteiger partial charge in [0.05, 0.1) is 13.0 Å². The van der Waals surface area contributed by atoms with Gasteiger partial charge < -0.3 is 19.3 Å². The van der Waals surface area contributed by atoms with Gasteiger partial charge in [-0.05, 0) is 41.5 Å². The van der Waals surface area contributed by atoms with Gasteiger partial charge in [-0.1, -0.05) is 56.1 Å². The number of carbonyl (C=O) groups excluding carboxylic acids is 1. The van der Waals surface area contributed by atoms with Gasteiger partial charge in [-0.25, -0.2) is 14.2 Å². The molecule has 1 aliphatic rings. The number of oxazole rings is 2. The third-order valence-electron chi connectivity index (χ3n) is 5.23. The summed E-state index contributed by atoms with van der Waals surface area (Å²) >= 11 is 6.88. The van der Waals surface area contributed by atoms with Gasteiger partial charge >= 0.3 is 11.6 Å². The molecular weight excluding hydrogens is 558 g/mol. The molecule has 3 heterocycles. The number of carbonyl (C=O) groups is 1. The van der Waals surface area contributed by atoms with Gasteiger partial charge in [0, 0.05) is 8.95 Å². The molecule has 4 aromatic rings. The van der Waals surface area contributed by atoms with Crippen LogP contribution in [0.1, 0.15) is 22.7 Å². The minimum absolute atomic E-state index is 0.00159. The fourth-order valence-corrected chi connectivity index (χ4v) is 4.75. The molecule has 5 rings (SSSR count). The maximum absolute atomic E-state index is 13.0. The molecule has 33 heavy (non-hydrogen) atoms. The summed E-state index contributed by atoms with van der Waals surface area (Å²) in [4.78, 5) is 30.3. The van der Waals surface area contributed by atoms with E-state index in [1.165, 1.54) is 11.7 Å². The fraction of sp³-hybridized carbons (Fsp3) is 0.0870. The van der Waals surface area contributed by atoms with E-state index in [1.54, 1.807) is 6.08 Å². The van der Waals surface area contributed by atoms with Crippen LogP contribution < -0.4 is 22.3 Å². The molecule has 0 unspecified atom stereocenters. The van der Waals surface area contributed by atoms with E-state index in [-0.39, 0.29) is 28.4 Å². The van der Waals surface area contributed by atoms with Crippen molar-refractivity contribution in [2.45, 2.75) is 5.92 Å². The minimum Gasteiger partial charge on any atom is -0.465 e. The van der Waals surface area contributed by atoms with E-state index in [9.17, 15) is 9.59 Å². The second-order valence-corrected chi connectivity index (χ2v) is 9.08. The lowest BCUT2D eigenvalue weighted by Gasteiger charge is -2.21. The van der Waals surface area contributed by atoms with E-state index in [4.69, 9.17) is 19.3 Å². The summed E-state index contributed by atoms with van der Waals surface area (Å²) in [7, 11) is 1.26. The molecule has 0 radical (unpaired) electrons. The van der Waals surface area contributed by atoms with E-state index in [0.717, 1.165) is 14.5 Å². The molecule has 0 fully saturated rings. The van der Waals surface area contributed by atoms with Gasteiger partial charge in [0.1, 0.15) is 16.6 Å². The maximum Gasteiger partial charge on any atom is 0.362 e. The molecule has 2 N–H and O–H groups in total. The zero-order valence-corrected chi connectivity index (χ0v) is 20.2. The Bertz CT molecular complexity index is 1600. The molecule has 1 aliphatic heterocycles. The Morgan fingerprint density at radius 2 is 1.88 bits per heavy atom. The van der Waals surface area contributed by atoms with Crippen LogP contribution in [0.3, 0.4) is 0 Å². The summed E-state index contributed by atoms with van der Waals surface area (Å²) < 4.78 is 19.4. The largest absolute Gasteiger partial charge is 0.465 e. The standard InChI is InChI=1S/C23H15Br2N3O5/c1-31-22(30)17-16(12-5-3-7-14(25)10-12)18-20(33-23(26)27-18)28-15(21(29)32-19(17)28)9-11-4-2-6-13(24)8-11/h2-10,16H,1H3,(H2,26,27)/b15-9-/t16-/m0/s1. The Morgan fingerprint density at radius 1 is 1.15 bits per heavy atom. The second-order valence-electron chi connectivity index (χ2n) is 7.25. The van der Waals surface area contributed by atoms with Crippen LogP contribution in [0.2, 0.25) is 0 Å². The number of nitrogens with two attached hydrogens (primary N) is 1. The first-order chi connectivity index (χ1) is 15.9. The number of benzene rings is 2. The molecule has 0 aliphatic carbocycles. The van der Waals surface area contributed by atoms with Gasteiger partial charge in [-0.2, -0.15) is 4.98 Å². The van der Waals surface area contributed by atoms with Crippen LogP contribution in [0.25, 0.3) is 17.5 Å². The van der Waals surface area contributed by atoms with E-state index in [0.29, 0.717) is 11.3 Å². The zero-order chi connectivity index (χ0) is 23.3. The highest BCUT2D eigenvalue weighted by Crippen LogP contribution is 2.39. The van der Waals surface area contributed by atoms with Gasteiger partial charge in [0.15, 0.2) is 0 Å². The number of nitrogen functional groups attached to an aromatic ring is 1. The summed E-state index contributed by atoms with van der Waals surface area (Å²) in [6.45, 7) is 0. The number of hydrogen-bond donors (Lipinski definition) is 1. The van der Waals surface area contributed by atoms with Gasteiger partial charge in [0.25, 0.3) is 6.01 Å². The number of halogens is 2. The Labute approximate surface area is 203 Å². The first-order valence-corrected chi connectivity index (χ1v) is 11.3. The lowest BCUT2D eigenvalue weighted by molar-refractivity contribution is -0.134. The van der Waals surface area contributed by atoms with Crippen LogP contribution in [0.4, 0.5) is 6.01 Å². The smallest absolute Gasteiger partial charge is 0.362 e. The SMILES string of the molecule is COC(=O)C1=c2oc(=O)/c(=C/c3cccc(Br)c3)n2-c2oc(N)nc2[C@H]1c1cccc(Br)c1. The average molecular weight is 573 g/mol. The highest BCUT2D eigenvalue weighted by atomic mass is 79.9. The van der Waals surface area contributed by atoms with E-state index in [2.05, 4.69) is 36.8 Å². The van der Waals surface area contributed by atoms with Crippen LogP contribution in [-0.2, 0) is 9.53 Å². The number of hydrogen-bond acceptors (Lipinski definition) is 7. The predicted octanol–water partition coefficient (Wildman–Crippen LogP) is 2.82. The van der Waals surface area contributed by atoms with Crippen molar-refractivity contribution in [2.75, 3.05) is 12.8 Å². The van der Waals surface area contributed by atoms with Crippen LogP contribution in [0.15, 0.2) is 71.1 Å². The van der Waals surface area contributed by atoms with Crippen molar-refractivity contribution in [3.05, 3.63) is 95.6 Å². The molecule has 10 heteroatoms. The summed E-state index contributed by atoms with van der Waals surface area (Å²) in [6.07, 6.45) is 1.64. The summed E-state index contributed by atoms with van der Waals surface area (Å²) in [5, 5.41) is 0.148. The Balaban J connectivity index is 1.92. The molecular formula is C23H15Br2N3O5. The van der Waals surface area contributed by atoms with Gasteiger partial charge in [0.2, 0.25) is 11.4 Å². The highest BCUT2D eigenvalue weighted by molar-refractivity contribution is 9.10. The predicted molar refractivity (Wildman–Crippen MR) is 127 cm³/mol. The van der Waals surface area contributed by atoms with E-state index < -0.39 is 17.5 Å². The number of fused-ring (bicyclic) bond motifs is 3. The van der Waals surface area contributed by atoms with Crippen molar-refractivity contribution in [1.29, 1.82) is 0 Å². The summed E-state index contributed by atoms with van der Waals surface area (Å²) in [6, 6.07) is 14.6. The summed E-state index contributed by atoms with van der Waals surface area (Å²) in [5.41, 5.74) is 7.20. The fourth-order valence-electron chi connectivity index (χ4n) is 3.92. The summed E-state index contributed by atoms with van der Waals surface area (Å²) in [5.74, 6) is -1.19. The first-order valence-electron chi connectivity index (χ1n) is 9.71. The third kappa shape index (κ3) is 3.65. The molecule has 0 amide bonds. The quantitative estimate of drug-likeness (QED) is 0.375. The van der Waals surface area contributed by atoms with Gasteiger partial charge in [-0.3, -0.25) is 0 Å². The monoisotopic (exact) mass is 571 g/mol. The number of nitrogens with zero attached hydrogens (tertiary/aromatic N) is 2. The number of anilines is 1.